The lowest BCUT2D eigenvalue weighted by Crippen LogP contribution is -2.26. The van der Waals surface area contributed by atoms with E-state index in [-0.39, 0.29) is 5.82 Å². The minimum atomic E-state index is -0.342. The third kappa shape index (κ3) is 7.19. The van der Waals surface area contributed by atoms with E-state index >= 15 is 0 Å². The van der Waals surface area contributed by atoms with E-state index in [9.17, 15) is 4.39 Å². The summed E-state index contributed by atoms with van der Waals surface area (Å²) in [6, 6.07) is 15.9. The highest BCUT2D eigenvalue weighted by molar-refractivity contribution is 5.83. The van der Waals surface area contributed by atoms with Gasteiger partial charge in [0.15, 0.2) is 5.82 Å². The van der Waals surface area contributed by atoms with Gasteiger partial charge in [0.25, 0.3) is 0 Å². The van der Waals surface area contributed by atoms with Crippen molar-refractivity contribution in [2.24, 2.45) is 0 Å². The molecule has 4 aromatic rings. The molecule has 2 aromatic carbocycles. The van der Waals surface area contributed by atoms with Gasteiger partial charge in [-0.2, -0.15) is 10.5 Å². The first-order valence-corrected chi connectivity index (χ1v) is 11.2. The number of halogens is 1. The van der Waals surface area contributed by atoms with E-state index in [0.29, 0.717) is 42.7 Å². The van der Waals surface area contributed by atoms with Gasteiger partial charge in [0.05, 0.1) is 30.6 Å². The minimum Gasteiger partial charge on any atom is -0.339 e. The fourth-order valence-electron chi connectivity index (χ4n) is 3.20. The van der Waals surface area contributed by atoms with Crippen molar-refractivity contribution in [2.75, 3.05) is 31.0 Å². The van der Waals surface area contributed by atoms with Crippen LogP contribution in [0.3, 0.4) is 0 Å². The van der Waals surface area contributed by atoms with E-state index in [2.05, 4.69) is 48.2 Å². The van der Waals surface area contributed by atoms with Crippen LogP contribution >= 0.6 is 0 Å². The number of hydrogen-bond donors (Lipinski definition) is 4. The third-order valence-corrected chi connectivity index (χ3v) is 4.86. The van der Waals surface area contributed by atoms with Crippen molar-refractivity contribution in [3.63, 3.8) is 0 Å². The Kier molecular flexibility index (Phi) is 8.51. The summed E-state index contributed by atoms with van der Waals surface area (Å²) in [7, 11) is 1.84. The van der Waals surface area contributed by atoms with E-state index in [1.165, 1.54) is 12.1 Å². The van der Waals surface area contributed by atoms with Crippen LogP contribution in [-0.4, -0.2) is 35.3 Å². The van der Waals surface area contributed by atoms with Crippen molar-refractivity contribution in [3.8, 4) is 11.8 Å². The number of anilines is 4. The molecule has 0 saturated carbocycles. The van der Waals surface area contributed by atoms with Gasteiger partial charge in [-0.05, 0) is 55.9 Å². The zero-order valence-electron chi connectivity index (χ0n) is 19.3. The normalized spacial score (nSPS) is 10.6. The topological polar surface area (TPSA) is 96.0 Å². The maximum Gasteiger partial charge on any atom is 0.229 e. The van der Waals surface area contributed by atoms with Crippen LogP contribution in [0.5, 0.6) is 0 Å². The van der Waals surface area contributed by atoms with Gasteiger partial charge < -0.3 is 20.8 Å². The lowest BCUT2D eigenvalue weighted by atomic mass is 10.2. The summed E-state index contributed by atoms with van der Waals surface area (Å²) in [5.41, 5.74) is 5.74. The number of unbranched alkanes of at least 4 members (excludes halogenated alkanes) is 1. The largest absolute Gasteiger partial charge is 0.339 e. The van der Waals surface area contributed by atoms with Crippen LogP contribution in [0.1, 0.15) is 18.4 Å². The van der Waals surface area contributed by atoms with Crippen LogP contribution in [0.2, 0.25) is 0 Å². The molecule has 0 fully saturated rings. The van der Waals surface area contributed by atoms with Crippen molar-refractivity contribution in [2.45, 2.75) is 12.8 Å². The molecule has 0 aliphatic heterocycles. The molecular formula is C26H26FN7O. The molecular weight excluding hydrogens is 445 g/mol. The fraction of sp³-hybridized carbons (Fsp3) is 0.192. The van der Waals surface area contributed by atoms with Crippen LogP contribution in [-0.2, 0) is 4.84 Å². The summed E-state index contributed by atoms with van der Waals surface area (Å²) in [5.74, 6) is 6.83. The van der Waals surface area contributed by atoms with Crippen molar-refractivity contribution < 1.29 is 9.23 Å². The number of pyridine rings is 1. The number of benzene rings is 2. The van der Waals surface area contributed by atoms with Gasteiger partial charge in [-0.15, -0.1) is 0 Å². The molecule has 178 valence electrons. The van der Waals surface area contributed by atoms with E-state index in [4.69, 9.17) is 4.84 Å². The number of fused-ring (bicyclic) bond motifs is 1. The average molecular weight is 472 g/mol. The predicted molar refractivity (Wildman–Crippen MR) is 136 cm³/mol. The second kappa shape index (κ2) is 12.4. The maximum absolute atomic E-state index is 13.6. The highest BCUT2D eigenvalue weighted by Crippen LogP contribution is 2.24. The summed E-state index contributed by atoms with van der Waals surface area (Å²) in [5, 5.41) is 10.3. The summed E-state index contributed by atoms with van der Waals surface area (Å²) in [4.78, 5) is 18.6. The van der Waals surface area contributed by atoms with Crippen LogP contribution in [0.25, 0.3) is 10.9 Å². The summed E-state index contributed by atoms with van der Waals surface area (Å²) in [6.07, 6.45) is 4.85. The molecule has 0 unspecified atom stereocenters. The molecule has 2 heterocycles. The van der Waals surface area contributed by atoms with Crippen molar-refractivity contribution >= 4 is 34.0 Å². The Morgan fingerprint density at radius 2 is 1.91 bits per heavy atom. The molecule has 0 aliphatic rings. The Morgan fingerprint density at radius 1 is 1.00 bits per heavy atom. The highest BCUT2D eigenvalue weighted by atomic mass is 19.1. The standard InChI is InChI=1S/C26H26FN7O/c1-28-18-31-35-14-4-2-3-7-20-17-30-26(33-22-10-5-9-21(27)16-22)34-25(20)32-23-11-12-24-19(15-23)8-6-13-29-24/h5-6,8-13,15-17,28,31H,2,4,14,18H2,1H3,(H2,30,32,33,34). The zero-order valence-corrected chi connectivity index (χ0v) is 19.3. The summed E-state index contributed by atoms with van der Waals surface area (Å²) in [6.45, 7) is 1.14. The zero-order chi connectivity index (χ0) is 24.3. The van der Waals surface area contributed by atoms with Gasteiger partial charge >= 0.3 is 0 Å². The third-order valence-electron chi connectivity index (χ3n) is 4.86. The van der Waals surface area contributed by atoms with Gasteiger partial charge in [-0.25, -0.2) is 9.37 Å². The number of hydrogen-bond acceptors (Lipinski definition) is 8. The molecule has 2 aromatic heterocycles. The van der Waals surface area contributed by atoms with Crippen LogP contribution in [0.4, 0.5) is 27.5 Å². The Labute approximate surface area is 203 Å². The molecule has 0 radical (unpaired) electrons. The van der Waals surface area contributed by atoms with Gasteiger partial charge in [-0.3, -0.25) is 4.98 Å². The summed E-state index contributed by atoms with van der Waals surface area (Å²) < 4.78 is 13.6. The second-order valence-corrected chi connectivity index (χ2v) is 7.56. The molecule has 0 amide bonds. The van der Waals surface area contributed by atoms with Gasteiger partial charge in [0.1, 0.15) is 5.82 Å². The van der Waals surface area contributed by atoms with Crippen molar-refractivity contribution in [1.82, 2.24) is 25.7 Å². The van der Waals surface area contributed by atoms with Crippen LogP contribution < -0.4 is 21.4 Å². The first-order valence-electron chi connectivity index (χ1n) is 11.2. The average Bonchev–Trinajstić information content (AvgIpc) is 2.87. The lowest BCUT2D eigenvalue weighted by molar-refractivity contribution is 0.0370. The molecule has 8 nitrogen and oxygen atoms in total. The number of hydroxylamine groups is 1. The smallest absolute Gasteiger partial charge is 0.229 e. The molecule has 0 atom stereocenters. The van der Waals surface area contributed by atoms with E-state index in [1.807, 2.05) is 37.4 Å². The molecule has 35 heavy (non-hydrogen) atoms. The Bertz CT molecular complexity index is 1340. The van der Waals surface area contributed by atoms with Crippen LogP contribution in [0.15, 0.2) is 67.0 Å². The monoisotopic (exact) mass is 471 g/mol. The van der Waals surface area contributed by atoms with E-state index in [1.54, 1.807) is 24.5 Å². The molecule has 0 bridgehead atoms. The molecule has 0 aliphatic carbocycles. The van der Waals surface area contributed by atoms with Crippen molar-refractivity contribution in [3.05, 3.63) is 78.4 Å². The summed E-state index contributed by atoms with van der Waals surface area (Å²) >= 11 is 0. The molecule has 0 saturated heterocycles. The maximum atomic E-state index is 13.6. The molecule has 4 rings (SSSR count). The Morgan fingerprint density at radius 3 is 2.80 bits per heavy atom. The number of rotatable bonds is 10. The molecule has 0 spiro atoms. The molecule has 4 N–H and O–H groups in total. The quantitative estimate of drug-likeness (QED) is 0.116. The van der Waals surface area contributed by atoms with Gasteiger partial charge in [-0.1, -0.05) is 24.0 Å². The van der Waals surface area contributed by atoms with Gasteiger partial charge in [0.2, 0.25) is 5.95 Å². The first kappa shape index (κ1) is 24.0. The minimum absolute atomic E-state index is 0.329. The SMILES string of the molecule is CNCNOCCCC#Cc1cnc(Nc2cccc(F)c2)nc1Nc1ccc2ncccc2c1. The van der Waals surface area contributed by atoms with E-state index < -0.39 is 0 Å². The lowest BCUT2D eigenvalue weighted by Gasteiger charge is -2.11. The fourth-order valence-corrected chi connectivity index (χ4v) is 3.20. The van der Waals surface area contributed by atoms with Crippen LogP contribution in [0, 0.1) is 17.7 Å². The molecule has 9 heteroatoms. The first-order chi connectivity index (χ1) is 17.2. The highest BCUT2D eigenvalue weighted by Gasteiger charge is 2.08. The Balaban J connectivity index is 1.53. The predicted octanol–water partition coefficient (Wildman–Crippen LogP) is 4.48. The number of nitrogens with zero attached hydrogens (tertiary/aromatic N) is 3. The van der Waals surface area contributed by atoms with E-state index in [0.717, 1.165) is 23.0 Å². The van der Waals surface area contributed by atoms with Crippen molar-refractivity contribution in [1.29, 1.82) is 0 Å². The number of nitrogens with one attached hydrogen (secondary N) is 4. The second-order valence-electron chi connectivity index (χ2n) is 7.56. The van der Waals surface area contributed by atoms with Gasteiger partial charge in [0, 0.05) is 29.4 Å². The Hall–Kier alpha value is -4.10. The number of aromatic nitrogens is 3.